The molecule has 1 fully saturated rings. The summed E-state index contributed by atoms with van der Waals surface area (Å²) < 4.78 is 12.9. The minimum atomic E-state index is -1.07. The van der Waals surface area contributed by atoms with Crippen LogP contribution in [0.3, 0.4) is 0 Å². The molecule has 48 valence electrons. The van der Waals surface area contributed by atoms with Gasteiger partial charge in [-0.3, -0.25) is 0 Å². The summed E-state index contributed by atoms with van der Waals surface area (Å²) in [7, 11) is 0. The van der Waals surface area contributed by atoms with Gasteiger partial charge in [-0.05, 0) is 26.2 Å². The van der Waals surface area contributed by atoms with Crippen LogP contribution in [0.1, 0.15) is 26.2 Å². The Kier molecular flexibility index (Phi) is 1.27. The molecule has 0 unspecified atom stereocenters. The third-order valence-corrected chi connectivity index (χ3v) is 1.95. The van der Waals surface area contributed by atoms with Crippen molar-refractivity contribution in [2.45, 2.75) is 37.9 Å². The summed E-state index contributed by atoms with van der Waals surface area (Å²) in [6.45, 7) is 1.59. The Morgan fingerprint density at radius 1 is 1.75 bits per heavy atom. The summed E-state index contributed by atoms with van der Waals surface area (Å²) in [4.78, 5) is 0. The zero-order valence-electron chi connectivity index (χ0n) is 5.15. The lowest BCUT2D eigenvalue weighted by molar-refractivity contribution is 0.175. The topological polar surface area (TPSA) is 26.0 Å². The maximum atomic E-state index is 12.9. The SMILES string of the molecule is C[C@]1(F)CCC[C@@H]1N. The molecule has 0 aromatic rings. The van der Waals surface area contributed by atoms with Crippen molar-refractivity contribution in [3.8, 4) is 0 Å². The molecular formula is C6H12FN. The highest BCUT2D eigenvalue weighted by Crippen LogP contribution is 2.31. The van der Waals surface area contributed by atoms with Gasteiger partial charge in [0.15, 0.2) is 0 Å². The second kappa shape index (κ2) is 1.69. The Morgan fingerprint density at radius 2 is 2.38 bits per heavy atom. The summed E-state index contributed by atoms with van der Waals surface area (Å²) in [6, 6.07) is -0.206. The van der Waals surface area contributed by atoms with Gasteiger partial charge < -0.3 is 5.73 Å². The van der Waals surface area contributed by atoms with E-state index in [0.29, 0.717) is 6.42 Å². The van der Waals surface area contributed by atoms with Crippen LogP contribution in [-0.2, 0) is 0 Å². The summed E-state index contributed by atoms with van der Waals surface area (Å²) >= 11 is 0. The summed E-state index contributed by atoms with van der Waals surface area (Å²) in [5.74, 6) is 0. The van der Waals surface area contributed by atoms with E-state index in [1.165, 1.54) is 0 Å². The quantitative estimate of drug-likeness (QED) is 0.507. The van der Waals surface area contributed by atoms with E-state index >= 15 is 0 Å². The molecule has 0 bridgehead atoms. The van der Waals surface area contributed by atoms with E-state index in [1.54, 1.807) is 6.92 Å². The third kappa shape index (κ3) is 0.848. The Labute approximate surface area is 49.1 Å². The average molecular weight is 117 g/mol. The Hall–Kier alpha value is -0.110. The lowest BCUT2D eigenvalue weighted by Gasteiger charge is -2.17. The molecule has 0 amide bonds. The minimum Gasteiger partial charge on any atom is -0.325 e. The molecule has 8 heavy (non-hydrogen) atoms. The van der Waals surface area contributed by atoms with Crippen LogP contribution in [0.5, 0.6) is 0 Å². The van der Waals surface area contributed by atoms with E-state index in [0.717, 1.165) is 12.8 Å². The van der Waals surface area contributed by atoms with Crippen LogP contribution in [0.4, 0.5) is 4.39 Å². The monoisotopic (exact) mass is 117 g/mol. The maximum Gasteiger partial charge on any atom is 0.123 e. The van der Waals surface area contributed by atoms with E-state index < -0.39 is 5.67 Å². The van der Waals surface area contributed by atoms with Gasteiger partial charge in [0.05, 0.1) is 0 Å². The van der Waals surface area contributed by atoms with Gasteiger partial charge in [0, 0.05) is 6.04 Å². The van der Waals surface area contributed by atoms with Gasteiger partial charge in [0.2, 0.25) is 0 Å². The molecule has 2 atom stereocenters. The van der Waals surface area contributed by atoms with Crippen molar-refractivity contribution in [2.75, 3.05) is 0 Å². The smallest absolute Gasteiger partial charge is 0.123 e. The van der Waals surface area contributed by atoms with Gasteiger partial charge in [0.1, 0.15) is 5.67 Å². The van der Waals surface area contributed by atoms with E-state index in [9.17, 15) is 4.39 Å². The van der Waals surface area contributed by atoms with E-state index in [2.05, 4.69) is 0 Å². The number of hydrogen-bond donors (Lipinski definition) is 1. The molecule has 0 radical (unpaired) electrons. The molecule has 0 aromatic carbocycles. The van der Waals surface area contributed by atoms with Crippen molar-refractivity contribution in [1.29, 1.82) is 0 Å². The molecule has 1 nitrogen and oxygen atoms in total. The highest BCUT2D eigenvalue weighted by atomic mass is 19.1. The van der Waals surface area contributed by atoms with Crippen LogP contribution in [0.2, 0.25) is 0 Å². The van der Waals surface area contributed by atoms with Crippen LogP contribution in [0.25, 0.3) is 0 Å². The molecule has 0 aromatic heterocycles. The fourth-order valence-electron chi connectivity index (χ4n) is 1.15. The Bertz CT molecular complexity index is 90.5. The first kappa shape index (κ1) is 6.02. The highest BCUT2D eigenvalue weighted by Gasteiger charge is 2.35. The van der Waals surface area contributed by atoms with Gasteiger partial charge >= 0.3 is 0 Å². The van der Waals surface area contributed by atoms with E-state index in [-0.39, 0.29) is 6.04 Å². The second-order valence-electron chi connectivity index (χ2n) is 2.78. The molecule has 0 aliphatic heterocycles. The van der Waals surface area contributed by atoms with Crippen molar-refractivity contribution in [3.05, 3.63) is 0 Å². The predicted octanol–water partition coefficient (Wildman–Crippen LogP) is 1.23. The molecule has 1 saturated carbocycles. The van der Waals surface area contributed by atoms with Crippen LogP contribution in [-0.4, -0.2) is 11.7 Å². The Balaban J connectivity index is 2.54. The van der Waals surface area contributed by atoms with Gasteiger partial charge in [0.25, 0.3) is 0 Å². The van der Waals surface area contributed by atoms with Gasteiger partial charge in [-0.2, -0.15) is 0 Å². The number of hydrogen-bond acceptors (Lipinski definition) is 1. The third-order valence-electron chi connectivity index (χ3n) is 1.95. The first-order chi connectivity index (χ1) is 3.63. The predicted molar refractivity (Wildman–Crippen MR) is 31.3 cm³/mol. The van der Waals surface area contributed by atoms with Crippen molar-refractivity contribution in [1.82, 2.24) is 0 Å². The molecule has 1 aliphatic carbocycles. The minimum absolute atomic E-state index is 0.206. The lowest BCUT2D eigenvalue weighted by Crippen LogP contribution is -2.36. The molecule has 1 aliphatic rings. The molecular weight excluding hydrogens is 105 g/mol. The summed E-state index contributed by atoms with van der Waals surface area (Å²) in [5, 5.41) is 0. The molecule has 0 spiro atoms. The maximum absolute atomic E-state index is 12.9. The molecule has 0 heterocycles. The van der Waals surface area contributed by atoms with Crippen LogP contribution >= 0.6 is 0 Å². The number of rotatable bonds is 0. The zero-order chi connectivity index (χ0) is 6.20. The van der Waals surface area contributed by atoms with Crippen LogP contribution < -0.4 is 5.73 Å². The largest absolute Gasteiger partial charge is 0.325 e. The molecule has 2 heteroatoms. The number of halogens is 1. The van der Waals surface area contributed by atoms with Gasteiger partial charge in [-0.25, -0.2) is 4.39 Å². The first-order valence-electron chi connectivity index (χ1n) is 3.07. The van der Waals surface area contributed by atoms with Gasteiger partial charge in [-0.15, -0.1) is 0 Å². The summed E-state index contributed by atoms with van der Waals surface area (Å²) in [6.07, 6.45) is 2.45. The standard InChI is InChI=1S/C6H12FN/c1-6(7)4-2-3-5(6)8/h5H,2-4,8H2,1H3/t5-,6-/m0/s1. The van der Waals surface area contributed by atoms with Crippen molar-refractivity contribution >= 4 is 0 Å². The fraction of sp³-hybridized carbons (Fsp3) is 1.00. The van der Waals surface area contributed by atoms with E-state index in [4.69, 9.17) is 5.73 Å². The second-order valence-corrected chi connectivity index (χ2v) is 2.78. The van der Waals surface area contributed by atoms with E-state index in [1.807, 2.05) is 0 Å². The first-order valence-corrected chi connectivity index (χ1v) is 3.07. The van der Waals surface area contributed by atoms with Crippen molar-refractivity contribution in [3.63, 3.8) is 0 Å². The number of alkyl halides is 1. The number of nitrogens with two attached hydrogens (primary N) is 1. The highest BCUT2D eigenvalue weighted by molar-refractivity contribution is 4.91. The van der Waals surface area contributed by atoms with Crippen molar-refractivity contribution < 1.29 is 4.39 Å². The van der Waals surface area contributed by atoms with Crippen LogP contribution in [0, 0.1) is 0 Å². The molecule has 1 rings (SSSR count). The molecule has 0 saturated heterocycles. The Morgan fingerprint density at radius 3 is 2.50 bits per heavy atom. The van der Waals surface area contributed by atoms with Gasteiger partial charge in [-0.1, -0.05) is 0 Å². The summed E-state index contributed by atoms with van der Waals surface area (Å²) in [5.41, 5.74) is 4.37. The molecule has 2 N–H and O–H groups in total. The average Bonchev–Trinajstić information content (AvgIpc) is 1.86. The zero-order valence-corrected chi connectivity index (χ0v) is 5.15. The van der Waals surface area contributed by atoms with Crippen LogP contribution in [0.15, 0.2) is 0 Å². The normalized spacial score (nSPS) is 47.6. The lowest BCUT2D eigenvalue weighted by atomic mass is 10.0. The van der Waals surface area contributed by atoms with Crippen molar-refractivity contribution in [2.24, 2.45) is 5.73 Å². The fourth-order valence-corrected chi connectivity index (χ4v) is 1.15.